The maximum Gasteiger partial charge on any atom is 0.340 e. The summed E-state index contributed by atoms with van der Waals surface area (Å²) in [4.78, 5) is 14.0. The zero-order chi connectivity index (χ0) is 15.4. The SMILES string of the molecule is COC(=O)c1cc(NCC2CN(C)CCO2)cc(C)c1N. The number of nitrogen functional groups attached to an aromatic ring is 1. The van der Waals surface area contributed by atoms with Crippen molar-refractivity contribution in [3.05, 3.63) is 23.3 Å². The van der Waals surface area contributed by atoms with E-state index in [1.165, 1.54) is 7.11 Å². The molecule has 2 rings (SSSR count). The van der Waals surface area contributed by atoms with Gasteiger partial charge in [-0.15, -0.1) is 0 Å². The number of nitrogens with zero attached hydrogens (tertiary/aromatic N) is 1. The van der Waals surface area contributed by atoms with Crippen LogP contribution >= 0.6 is 0 Å². The van der Waals surface area contributed by atoms with E-state index < -0.39 is 5.97 Å². The molecule has 1 heterocycles. The first-order valence-corrected chi connectivity index (χ1v) is 7.03. The van der Waals surface area contributed by atoms with Crippen molar-refractivity contribution in [1.82, 2.24) is 4.90 Å². The monoisotopic (exact) mass is 293 g/mol. The van der Waals surface area contributed by atoms with Crippen LogP contribution in [-0.2, 0) is 9.47 Å². The summed E-state index contributed by atoms with van der Waals surface area (Å²) in [6, 6.07) is 3.65. The smallest absolute Gasteiger partial charge is 0.340 e. The van der Waals surface area contributed by atoms with Gasteiger partial charge in [0.1, 0.15) is 0 Å². The van der Waals surface area contributed by atoms with Crippen molar-refractivity contribution in [2.24, 2.45) is 0 Å². The van der Waals surface area contributed by atoms with Crippen LogP contribution in [0.2, 0.25) is 0 Å². The summed E-state index contributed by atoms with van der Waals surface area (Å²) in [5.74, 6) is -0.423. The molecule has 116 valence electrons. The number of hydrogen-bond acceptors (Lipinski definition) is 6. The van der Waals surface area contributed by atoms with Crippen LogP contribution in [0.4, 0.5) is 11.4 Å². The molecule has 1 aliphatic rings. The number of esters is 1. The van der Waals surface area contributed by atoms with Crippen LogP contribution in [0.1, 0.15) is 15.9 Å². The molecule has 1 aromatic carbocycles. The van der Waals surface area contributed by atoms with E-state index in [9.17, 15) is 4.79 Å². The predicted octanol–water partition coefficient (Wildman–Crippen LogP) is 1.11. The lowest BCUT2D eigenvalue weighted by molar-refractivity contribution is -0.0117. The molecule has 1 atom stereocenters. The molecule has 1 fully saturated rings. The molecular weight excluding hydrogens is 270 g/mol. The van der Waals surface area contributed by atoms with E-state index in [1.807, 2.05) is 13.0 Å². The van der Waals surface area contributed by atoms with Gasteiger partial charge in [-0.05, 0) is 31.7 Å². The normalized spacial score (nSPS) is 19.3. The van der Waals surface area contributed by atoms with Gasteiger partial charge in [0.05, 0.1) is 25.4 Å². The Labute approximate surface area is 125 Å². The molecule has 3 N–H and O–H groups in total. The lowest BCUT2D eigenvalue weighted by atomic mass is 10.1. The summed E-state index contributed by atoms with van der Waals surface area (Å²) in [6.07, 6.45) is 0.142. The van der Waals surface area contributed by atoms with Gasteiger partial charge < -0.3 is 25.4 Å². The Kier molecular flexibility index (Phi) is 5.03. The van der Waals surface area contributed by atoms with Crippen LogP contribution in [0.15, 0.2) is 12.1 Å². The number of methoxy groups -OCH3 is 1. The number of rotatable bonds is 4. The number of nitrogens with two attached hydrogens (primary N) is 1. The van der Waals surface area contributed by atoms with Gasteiger partial charge in [0.25, 0.3) is 0 Å². The van der Waals surface area contributed by atoms with Crippen LogP contribution in [0.5, 0.6) is 0 Å². The Morgan fingerprint density at radius 1 is 1.57 bits per heavy atom. The van der Waals surface area contributed by atoms with E-state index in [0.29, 0.717) is 17.8 Å². The number of nitrogens with one attached hydrogen (secondary N) is 1. The summed E-state index contributed by atoms with van der Waals surface area (Å²) in [7, 11) is 3.43. The van der Waals surface area contributed by atoms with Crippen molar-refractivity contribution < 1.29 is 14.3 Å². The van der Waals surface area contributed by atoms with Crippen LogP contribution in [0.25, 0.3) is 0 Å². The maximum absolute atomic E-state index is 11.7. The van der Waals surface area contributed by atoms with Crippen LogP contribution in [0.3, 0.4) is 0 Å². The minimum absolute atomic E-state index is 0.142. The summed E-state index contributed by atoms with van der Waals surface area (Å²) < 4.78 is 10.5. The molecule has 0 amide bonds. The van der Waals surface area contributed by atoms with Gasteiger partial charge >= 0.3 is 5.97 Å². The fourth-order valence-corrected chi connectivity index (χ4v) is 2.40. The number of carbonyl (C=O) groups is 1. The fourth-order valence-electron chi connectivity index (χ4n) is 2.40. The maximum atomic E-state index is 11.7. The van der Waals surface area contributed by atoms with Crippen LogP contribution in [0, 0.1) is 6.92 Å². The van der Waals surface area contributed by atoms with Gasteiger partial charge in [-0.3, -0.25) is 0 Å². The van der Waals surface area contributed by atoms with Gasteiger partial charge in [-0.2, -0.15) is 0 Å². The fraction of sp³-hybridized carbons (Fsp3) is 0.533. The molecule has 0 bridgehead atoms. The van der Waals surface area contributed by atoms with Crippen molar-refractivity contribution in [2.45, 2.75) is 13.0 Å². The lowest BCUT2D eigenvalue weighted by Gasteiger charge is -2.30. The molecule has 21 heavy (non-hydrogen) atoms. The van der Waals surface area contributed by atoms with E-state index >= 15 is 0 Å². The molecule has 1 saturated heterocycles. The Bertz CT molecular complexity index is 519. The quantitative estimate of drug-likeness (QED) is 0.639. The second-order valence-electron chi connectivity index (χ2n) is 5.38. The third-order valence-electron chi connectivity index (χ3n) is 3.67. The zero-order valence-corrected chi connectivity index (χ0v) is 12.8. The molecule has 6 heteroatoms. The third kappa shape index (κ3) is 3.86. The highest BCUT2D eigenvalue weighted by molar-refractivity contribution is 5.97. The Morgan fingerprint density at radius 3 is 3.00 bits per heavy atom. The average molecular weight is 293 g/mol. The first-order chi connectivity index (χ1) is 10.0. The van der Waals surface area contributed by atoms with E-state index in [4.69, 9.17) is 15.2 Å². The van der Waals surface area contributed by atoms with Gasteiger partial charge in [-0.1, -0.05) is 0 Å². The number of carbonyl (C=O) groups excluding carboxylic acids is 1. The van der Waals surface area contributed by atoms with Gasteiger partial charge in [0.2, 0.25) is 0 Å². The first kappa shape index (κ1) is 15.6. The second kappa shape index (κ2) is 6.78. The van der Waals surface area contributed by atoms with E-state index in [-0.39, 0.29) is 6.10 Å². The van der Waals surface area contributed by atoms with Crippen LogP contribution in [-0.4, -0.2) is 57.4 Å². The average Bonchev–Trinajstić information content (AvgIpc) is 2.47. The number of morpholine rings is 1. The Hall–Kier alpha value is -1.79. The summed E-state index contributed by atoms with van der Waals surface area (Å²) in [5, 5.41) is 3.31. The topological polar surface area (TPSA) is 76.8 Å². The highest BCUT2D eigenvalue weighted by Gasteiger charge is 2.18. The summed E-state index contributed by atoms with van der Waals surface area (Å²) >= 11 is 0. The standard InChI is InChI=1S/C15H23N3O3/c1-10-6-11(7-13(14(10)16)15(19)20-3)17-8-12-9-18(2)4-5-21-12/h6-7,12,17H,4-5,8-9,16H2,1-3H3. The lowest BCUT2D eigenvalue weighted by Crippen LogP contribution is -2.43. The van der Waals surface area contributed by atoms with Crippen LogP contribution < -0.4 is 11.1 Å². The number of ether oxygens (including phenoxy) is 2. The van der Waals surface area contributed by atoms with E-state index in [2.05, 4.69) is 17.3 Å². The number of hydrogen-bond donors (Lipinski definition) is 2. The molecule has 0 spiro atoms. The van der Waals surface area contributed by atoms with E-state index in [0.717, 1.165) is 30.9 Å². The largest absolute Gasteiger partial charge is 0.465 e. The van der Waals surface area contributed by atoms with Crippen molar-refractivity contribution in [3.8, 4) is 0 Å². The van der Waals surface area contributed by atoms with Crippen molar-refractivity contribution in [2.75, 3.05) is 51.4 Å². The molecule has 1 aliphatic heterocycles. The summed E-state index contributed by atoms with van der Waals surface area (Å²) in [6.45, 7) is 5.16. The third-order valence-corrected chi connectivity index (χ3v) is 3.67. The molecular formula is C15H23N3O3. The highest BCUT2D eigenvalue weighted by Crippen LogP contribution is 2.23. The van der Waals surface area contributed by atoms with Crippen molar-refractivity contribution in [3.63, 3.8) is 0 Å². The minimum atomic E-state index is -0.423. The molecule has 1 aromatic rings. The van der Waals surface area contributed by atoms with Crippen molar-refractivity contribution in [1.29, 1.82) is 0 Å². The predicted molar refractivity (Wildman–Crippen MR) is 82.7 cm³/mol. The number of anilines is 2. The second-order valence-corrected chi connectivity index (χ2v) is 5.38. The van der Waals surface area contributed by atoms with Gasteiger partial charge in [0.15, 0.2) is 0 Å². The number of aryl methyl sites for hydroxylation is 1. The minimum Gasteiger partial charge on any atom is -0.465 e. The molecule has 0 aromatic heterocycles. The molecule has 0 radical (unpaired) electrons. The van der Waals surface area contributed by atoms with E-state index in [1.54, 1.807) is 6.07 Å². The molecule has 0 aliphatic carbocycles. The zero-order valence-electron chi connectivity index (χ0n) is 12.8. The Morgan fingerprint density at radius 2 is 2.33 bits per heavy atom. The van der Waals surface area contributed by atoms with Gasteiger partial charge in [0, 0.05) is 31.0 Å². The van der Waals surface area contributed by atoms with Gasteiger partial charge in [-0.25, -0.2) is 4.79 Å². The molecule has 6 nitrogen and oxygen atoms in total. The highest BCUT2D eigenvalue weighted by atomic mass is 16.5. The summed E-state index contributed by atoms with van der Waals surface area (Å²) in [5.41, 5.74) is 8.47. The first-order valence-electron chi connectivity index (χ1n) is 7.03. The Balaban J connectivity index is 2.06. The molecule has 1 unspecified atom stereocenters. The van der Waals surface area contributed by atoms with Crippen molar-refractivity contribution >= 4 is 17.3 Å². The number of likely N-dealkylation sites (N-methyl/N-ethyl adjacent to an activating group) is 1. The number of benzene rings is 1. The molecule has 0 saturated carbocycles.